The van der Waals surface area contributed by atoms with Gasteiger partial charge >= 0.3 is 0 Å². The molecule has 1 aliphatic heterocycles. The fraction of sp³-hybridized carbons (Fsp3) is 0.333. The van der Waals surface area contributed by atoms with Crippen molar-refractivity contribution in [1.82, 2.24) is 9.88 Å². The van der Waals surface area contributed by atoms with Crippen LogP contribution >= 0.6 is 0 Å². The molecule has 0 saturated carbocycles. The van der Waals surface area contributed by atoms with Crippen LogP contribution in [-0.4, -0.2) is 35.0 Å². The second-order valence-electron chi connectivity index (χ2n) is 7.97. The highest BCUT2D eigenvalue weighted by atomic mass is 19.1. The minimum atomic E-state index is -0.571. The molecule has 1 fully saturated rings. The molecule has 1 atom stereocenters. The zero-order valence-corrected chi connectivity index (χ0v) is 17.2. The quantitative estimate of drug-likeness (QED) is 0.691. The number of aromatic nitrogens is 1. The van der Waals surface area contributed by atoms with Gasteiger partial charge in [0.05, 0.1) is 23.7 Å². The number of amides is 1. The van der Waals surface area contributed by atoms with Crippen molar-refractivity contribution < 1.29 is 13.9 Å². The largest absolute Gasteiger partial charge is 0.376 e. The molecule has 0 bridgehead atoms. The van der Waals surface area contributed by atoms with Crippen molar-refractivity contribution in [2.45, 2.75) is 39.3 Å². The maximum atomic E-state index is 14.3. The van der Waals surface area contributed by atoms with Crippen molar-refractivity contribution in [2.24, 2.45) is 0 Å². The lowest BCUT2D eigenvalue weighted by molar-refractivity contribution is 0.0503. The molecule has 0 aliphatic carbocycles. The molecule has 4 rings (SSSR count). The number of hydrogen-bond acceptors (Lipinski definition) is 3. The van der Waals surface area contributed by atoms with Gasteiger partial charge in [0, 0.05) is 18.7 Å². The molecule has 1 aromatic heterocycles. The third kappa shape index (κ3) is 4.14. The summed E-state index contributed by atoms with van der Waals surface area (Å²) in [5.41, 5.74) is 3.10. The normalized spacial score (nSPS) is 16.2. The molecule has 1 N–H and O–H groups in total. The van der Waals surface area contributed by atoms with E-state index in [0.29, 0.717) is 18.7 Å². The second-order valence-corrected chi connectivity index (χ2v) is 7.97. The Morgan fingerprint density at radius 3 is 2.77 bits per heavy atom. The number of nitrogens with one attached hydrogen (secondary N) is 1. The van der Waals surface area contributed by atoms with Crippen LogP contribution in [0.2, 0.25) is 0 Å². The number of aromatic amines is 1. The van der Waals surface area contributed by atoms with E-state index in [0.717, 1.165) is 34.9 Å². The van der Waals surface area contributed by atoms with Gasteiger partial charge in [0.25, 0.3) is 11.5 Å². The van der Waals surface area contributed by atoms with Gasteiger partial charge in [-0.15, -0.1) is 0 Å². The number of pyridine rings is 1. The summed E-state index contributed by atoms with van der Waals surface area (Å²) in [7, 11) is 0. The molecule has 1 aliphatic rings. The molecule has 3 aromatic rings. The summed E-state index contributed by atoms with van der Waals surface area (Å²) in [6.45, 7) is 5.02. The third-order valence-corrected chi connectivity index (χ3v) is 5.57. The summed E-state index contributed by atoms with van der Waals surface area (Å²) in [4.78, 5) is 30.4. The number of benzene rings is 2. The van der Waals surface area contributed by atoms with Gasteiger partial charge in [-0.25, -0.2) is 4.39 Å². The van der Waals surface area contributed by atoms with Gasteiger partial charge in [0.1, 0.15) is 5.82 Å². The van der Waals surface area contributed by atoms with E-state index in [1.807, 2.05) is 32.0 Å². The lowest BCUT2D eigenvalue weighted by atomic mass is 10.0. The molecule has 1 saturated heterocycles. The number of halogens is 1. The van der Waals surface area contributed by atoms with E-state index in [1.165, 1.54) is 17.0 Å². The molecule has 1 amide bonds. The maximum Gasteiger partial charge on any atom is 0.257 e. The lowest BCUT2D eigenvalue weighted by Crippen LogP contribution is -2.38. The Labute approximate surface area is 174 Å². The van der Waals surface area contributed by atoms with Crippen LogP contribution in [0.1, 0.15) is 39.9 Å². The Balaban J connectivity index is 1.70. The highest BCUT2D eigenvalue weighted by Crippen LogP contribution is 2.21. The number of carbonyl (C=O) groups excluding carboxylic acids is 1. The molecule has 156 valence electrons. The molecule has 2 heterocycles. The van der Waals surface area contributed by atoms with E-state index in [9.17, 15) is 14.0 Å². The first-order chi connectivity index (χ1) is 14.4. The lowest BCUT2D eigenvalue weighted by Gasteiger charge is -2.26. The van der Waals surface area contributed by atoms with Crippen molar-refractivity contribution in [3.63, 3.8) is 0 Å². The topological polar surface area (TPSA) is 62.4 Å². The monoisotopic (exact) mass is 408 g/mol. The summed E-state index contributed by atoms with van der Waals surface area (Å²) in [6, 6.07) is 11.8. The van der Waals surface area contributed by atoms with E-state index < -0.39 is 11.7 Å². The van der Waals surface area contributed by atoms with E-state index in [1.54, 1.807) is 12.1 Å². The fourth-order valence-corrected chi connectivity index (χ4v) is 4.11. The average Bonchev–Trinajstić information content (AvgIpc) is 3.22. The molecule has 6 heteroatoms. The molecule has 2 aromatic carbocycles. The number of hydrogen-bond donors (Lipinski definition) is 1. The zero-order chi connectivity index (χ0) is 21.3. The first-order valence-electron chi connectivity index (χ1n) is 10.2. The summed E-state index contributed by atoms with van der Waals surface area (Å²) in [6.07, 6.45) is 1.67. The molecular formula is C24H25FN2O3. The van der Waals surface area contributed by atoms with Crippen molar-refractivity contribution in [2.75, 3.05) is 13.2 Å². The summed E-state index contributed by atoms with van der Waals surface area (Å²) < 4.78 is 20.0. The van der Waals surface area contributed by atoms with Crippen LogP contribution in [-0.2, 0) is 11.3 Å². The van der Waals surface area contributed by atoms with Crippen LogP contribution in [0.25, 0.3) is 10.9 Å². The maximum absolute atomic E-state index is 14.3. The minimum Gasteiger partial charge on any atom is -0.376 e. The Kier molecular flexibility index (Phi) is 5.68. The van der Waals surface area contributed by atoms with E-state index in [2.05, 4.69) is 4.98 Å². The Bertz CT molecular complexity index is 1150. The summed E-state index contributed by atoms with van der Waals surface area (Å²) >= 11 is 0. The molecule has 0 spiro atoms. The number of aryl methyl sites for hydroxylation is 2. The van der Waals surface area contributed by atoms with E-state index in [-0.39, 0.29) is 23.8 Å². The van der Waals surface area contributed by atoms with Gasteiger partial charge in [0.2, 0.25) is 0 Å². The average molecular weight is 408 g/mol. The van der Waals surface area contributed by atoms with Gasteiger partial charge in [-0.3, -0.25) is 9.59 Å². The second kappa shape index (κ2) is 8.40. The highest BCUT2D eigenvalue weighted by Gasteiger charge is 2.26. The number of ether oxygens (including phenoxy) is 1. The van der Waals surface area contributed by atoms with Gasteiger partial charge in [-0.1, -0.05) is 23.8 Å². The Morgan fingerprint density at radius 1 is 1.23 bits per heavy atom. The van der Waals surface area contributed by atoms with Crippen LogP contribution in [0.5, 0.6) is 0 Å². The van der Waals surface area contributed by atoms with Crippen molar-refractivity contribution >= 4 is 16.8 Å². The molecule has 30 heavy (non-hydrogen) atoms. The van der Waals surface area contributed by atoms with Crippen LogP contribution in [0, 0.1) is 19.7 Å². The summed E-state index contributed by atoms with van der Waals surface area (Å²) in [5, 5.41) is 0.914. The van der Waals surface area contributed by atoms with Crippen molar-refractivity contribution in [3.8, 4) is 0 Å². The predicted octanol–water partition coefficient (Wildman–Crippen LogP) is 4.11. The number of carbonyl (C=O) groups is 1. The fourth-order valence-electron chi connectivity index (χ4n) is 4.11. The van der Waals surface area contributed by atoms with Gasteiger partial charge in [-0.2, -0.15) is 0 Å². The predicted molar refractivity (Wildman–Crippen MR) is 114 cm³/mol. The van der Waals surface area contributed by atoms with Crippen LogP contribution in [0.15, 0.2) is 47.3 Å². The van der Waals surface area contributed by atoms with E-state index in [4.69, 9.17) is 4.74 Å². The summed E-state index contributed by atoms with van der Waals surface area (Å²) in [5.74, 6) is -1.01. The van der Waals surface area contributed by atoms with Gasteiger partial charge in [-0.05, 0) is 61.9 Å². The third-order valence-electron chi connectivity index (χ3n) is 5.57. The smallest absolute Gasteiger partial charge is 0.257 e. The van der Waals surface area contributed by atoms with Crippen LogP contribution < -0.4 is 5.56 Å². The van der Waals surface area contributed by atoms with Crippen LogP contribution in [0.4, 0.5) is 4.39 Å². The minimum absolute atomic E-state index is 0.000552. The first kappa shape index (κ1) is 20.3. The highest BCUT2D eigenvalue weighted by molar-refractivity contribution is 5.94. The van der Waals surface area contributed by atoms with Crippen molar-refractivity contribution in [3.05, 3.63) is 80.9 Å². The molecule has 0 radical (unpaired) electrons. The SMILES string of the molecule is Cc1cc(C)c2[nH]c(=O)c(CN(C[C@H]3CCCO3)C(=O)c3ccccc3F)cc2c1. The van der Waals surface area contributed by atoms with Crippen LogP contribution in [0.3, 0.4) is 0 Å². The standard InChI is InChI=1S/C24H25FN2O3/c1-15-10-16(2)22-17(11-15)12-18(23(28)26-22)13-27(14-19-6-5-9-30-19)24(29)20-7-3-4-8-21(20)25/h3-4,7-8,10-12,19H,5-6,9,13-14H2,1-2H3,(H,26,28)/t19-/m1/s1. The molecule has 0 unspecified atom stereocenters. The van der Waals surface area contributed by atoms with Gasteiger partial charge in [0.15, 0.2) is 0 Å². The number of nitrogens with zero attached hydrogens (tertiary/aromatic N) is 1. The number of H-pyrrole nitrogens is 1. The van der Waals surface area contributed by atoms with Gasteiger partial charge < -0.3 is 14.6 Å². The number of fused-ring (bicyclic) bond motifs is 1. The van der Waals surface area contributed by atoms with E-state index >= 15 is 0 Å². The number of rotatable bonds is 5. The zero-order valence-electron chi connectivity index (χ0n) is 17.2. The Hall–Kier alpha value is -2.99. The van der Waals surface area contributed by atoms with Crippen molar-refractivity contribution in [1.29, 1.82) is 0 Å². The first-order valence-corrected chi connectivity index (χ1v) is 10.2. The molecular weight excluding hydrogens is 383 g/mol. The molecule has 5 nitrogen and oxygen atoms in total. The Morgan fingerprint density at radius 2 is 2.03 bits per heavy atom.